The lowest BCUT2D eigenvalue weighted by atomic mass is 9.66. The SMILES string of the molecule is C=CCN(C(=O)C1N(CCCCCCO)C(=O)[C@@H]2[C@H](C(=O)N(CC=C)c3ccc(OCC)cc3)[C@]3(C)CCC12S3)c1ccc(OC)cc1. The van der Waals surface area contributed by atoms with Crippen LogP contribution in [-0.4, -0.2) is 83.2 Å². The van der Waals surface area contributed by atoms with Crippen molar-refractivity contribution in [2.45, 2.75) is 67.9 Å². The van der Waals surface area contributed by atoms with Gasteiger partial charge in [0.05, 0.1) is 30.3 Å². The summed E-state index contributed by atoms with van der Waals surface area (Å²) in [7, 11) is 1.60. The molecular formula is C38H49N3O6S. The maximum Gasteiger partial charge on any atom is 0.251 e. The summed E-state index contributed by atoms with van der Waals surface area (Å²) in [6.45, 7) is 13.5. The number of nitrogens with zero attached hydrogens (tertiary/aromatic N) is 3. The van der Waals surface area contributed by atoms with E-state index in [0.717, 1.165) is 25.0 Å². The van der Waals surface area contributed by atoms with Crippen molar-refractivity contribution in [3.63, 3.8) is 0 Å². The molecule has 1 N–H and O–H groups in total. The number of aliphatic hydroxyl groups is 1. The van der Waals surface area contributed by atoms with E-state index >= 15 is 0 Å². The molecule has 10 heteroatoms. The van der Waals surface area contributed by atoms with Gasteiger partial charge in [-0.15, -0.1) is 24.9 Å². The molecule has 0 radical (unpaired) electrons. The third-order valence-corrected chi connectivity index (χ3v) is 12.1. The number of carbonyl (C=O) groups excluding carboxylic acids is 3. The van der Waals surface area contributed by atoms with Crippen molar-refractivity contribution in [3.05, 3.63) is 73.8 Å². The number of benzene rings is 2. The van der Waals surface area contributed by atoms with E-state index in [0.29, 0.717) is 56.1 Å². The van der Waals surface area contributed by atoms with Crippen LogP contribution in [0.4, 0.5) is 11.4 Å². The number of hydrogen-bond donors (Lipinski definition) is 1. The zero-order valence-electron chi connectivity index (χ0n) is 28.4. The highest BCUT2D eigenvalue weighted by molar-refractivity contribution is 8.02. The number of fused-ring (bicyclic) bond motifs is 1. The van der Waals surface area contributed by atoms with Crippen LogP contribution in [0.1, 0.15) is 52.4 Å². The Morgan fingerprint density at radius 1 is 0.938 bits per heavy atom. The molecule has 2 unspecified atom stereocenters. The van der Waals surface area contributed by atoms with Crippen LogP contribution < -0.4 is 19.3 Å². The fraction of sp³-hybridized carbons (Fsp3) is 0.500. The quantitative estimate of drug-likeness (QED) is 0.166. The molecule has 9 nitrogen and oxygen atoms in total. The summed E-state index contributed by atoms with van der Waals surface area (Å²) in [6.07, 6.45) is 7.87. The predicted octanol–water partition coefficient (Wildman–Crippen LogP) is 5.87. The molecule has 3 fully saturated rings. The lowest BCUT2D eigenvalue weighted by Crippen LogP contribution is -2.55. The number of unbranched alkanes of at least 4 members (excludes halogenated alkanes) is 3. The molecule has 2 aromatic rings. The molecular weight excluding hydrogens is 627 g/mol. The van der Waals surface area contributed by atoms with Crippen molar-refractivity contribution in [3.8, 4) is 11.5 Å². The fourth-order valence-electron chi connectivity index (χ4n) is 7.94. The second kappa shape index (κ2) is 15.2. The van der Waals surface area contributed by atoms with Crippen LogP contribution in [-0.2, 0) is 14.4 Å². The first-order valence-corrected chi connectivity index (χ1v) is 17.8. The summed E-state index contributed by atoms with van der Waals surface area (Å²) in [5, 5.41) is 9.29. The minimum atomic E-state index is -0.751. The van der Waals surface area contributed by atoms with Gasteiger partial charge in [-0.05, 0) is 88.1 Å². The Bertz CT molecular complexity index is 1480. The minimum Gasteiger partial charge on any atom is -0.497 e. The smallest absolute Gasteiger partial charge is 0.251 e. The van der Waals surface area contributed by atoms with E-state index in [1.165, 1.54) is 0 Å². The van der Waals surface area contributed by atoms with E-state index < -0.39 is 27.4 Å². The van der Waals surface area contributed by atoms with Crippen LogP contribution in [0, 0.1) is 11.8 Å². The van der Waals surface area contributed by atoms with Crippen LogP contribution in [0.2, 0.25) is 0 Å². The first-order valence-electron chi connectivity index (χ1n) is 17.0. The summed E-state index contributed by atoms with van der Waals surface area (Å²) < 4.78 is 9.72. The Hall–Kier alpha value is -3.76. The third-order valence-electron chi connectivity index (χ3n) is 10.1. The second-order valence-electron chi connectivity index (χ2n) is 13.0. The van der Waals surface area contributed by atoms with Gasteiger partial charge in [0.25, 0.3) is 5.91 Å². The highest BCUT2D eigenvalue weighted by atomic mass is 32.2. The van der Waals surface area contributed by atoms with Gasteiger partial charge in [0, 0.05) is 42.4 Å². The fourth-order valence-corrected chi connectivity index (χ4v) is 10.3. The molecule has 1 spiro atoms. The largest absolute Gasteiger partial charge is 0.497 e. The zero-order chi connectivity index (χ0) is 34.5. The summed E-state index contributed by atoms with van der Waals surface area (Å²) in [5.41, 5.74) is 1.41. The summed E-state index contributed by atoms with van der Waals surface area (Å²) in [4.78, 5) is 49.7. The highest BCUT2D eigenvalue weighted by Crippen LogP contribution is 2.71. The Kier molecular flexibility index (Phi) is 11.3. The molecule has 3 saturated heterocycles. The number of carbonyl (C=O) groups is 3. The average molecular weight is 676 g/mol. The first kappa shape index (κ1) is 35.5. The van der Waals surface area contributed by atoms with Crippen LogP contribution in [0.3, 0.4) is 0 Å². The number of thioether (sulfide) groups is 1. The lowest BCUT2D eigenvalue weighted by molar-refractivity contribution is -0.139. The summed E-state index contributed by atoms with van der Waals surface area (Å²) in [5.74, 6) is -0.260. The van der Waals surface area contributed by atoms with Gasteiger partial charge in [-0.3, -0.25) is 14.4 Å². The molecule has 5 atom stereocenters. The van der Waals surface area contributed by atoms with E-state index in [-0.39, 0.29) is 30.9 Å². The van der Waals surface area contributed by atoms with Crippen molar-refractivity contribution in [2.75, 3.05) is 49.8 Å². The molecule has 3 aliphatic heterocycles. The van der Waals surface area contributed by atoms with Crippen LogP contribution in [0.5, 0.6) is 11.5 Å². The van der Waals surface area contributed by atoms with Gasteiger partial charge in [-0.1, -0.05) is 25.0 Å². The van der Waals surface area contributed by atoms with Gasteiger partial charge in [-0.25, -0.2) is 0 Å². The van der Waals surface area contributed by atoms with Crippen molar-refractivity contribution in [2.24, 2.45) is 11.8 Å². The van der Waals surface area contributed by atoms with Crippen molar-refractivity contribution in [1.29, 1.82) is 0 Å². The number of hydrogen-bond acceptors (Lipinski definition) is 7. The monoisotopic (exact) mass is 675 g/mol. The van der Waals surface area contributed by atoms with Gasteiger partial charge >= 0.3 is 0 Å². The molecule has 258 valence electrons. The van der Waals surface area contributed by atoms with E-state index in [2.05, 4.69) is 20.1 Å². The molecule has 3 aliphatic rings. The topological polar surface area (TPSA) is 99.6 Å². The Labute approximate surface area is 288 Å². The van der Waals surface area contributed by atoms with Crippen molar-refractivity contribution in [1.82, 2.24) is 4.90 Å². The van der Waals surface area contributed by atoms with Crippen LogP contribution in [0.15, 0.2) is 73.8 Å². The molecule has 0 saturated carbocycles. The van der Waals surface area contributed by atoms with Gasteiger partial charge < -0.3 is 29.3 Å². The average Bonchev–Trinajstić information content (AvgIpc) is 3.66. The number of methoxy groups -OCH3 is 1. The Balaban J connectivity index is 1.53. The zero-order valence-corrected chi connectivity index (χ0v) is 29.3. The van der Waals surface area contributed by atoms with E-state index in [9.17, 15) is 19.5 Å². The Morgan fingerprint density at radius 2 is 1.52 bits per heavy atom. The normalized spacial score (nSPS) is 25.5. The van der Waals surface area contributed by atoms with Crippen LogP contribution in [0.25, 0.3) is 0 Å². The maximum absolute atomic E-state index is 14.9. The number of likely N-dealkylation sites (tertiary alicyclic amines) is 1. The number of aliphatic hydroxyl groups excluding tert-OH is 1. The molecule has 48 heavy (non-hydrogen) atoms. The lowest BCUT2D eigenvalue weighted by Gasteiger charge is -2.38. The molecule has 3 heterocycles. The standard InChI is InChI=1S/C38H49N3O6S/c1-6-23-39(27-15-19-30(20-16-27)47-8-3)34(43)31-32-35(44)41(25-11-9-10-12-26-42)33(38(32)22-21-37(31,4)48-38)36(45)40(24-7-2)28-13-17-29(46-5)18-14-28/h6-7,13-20,31-33,42H,1-2,8-12,21-26H2,3-5H3/t31-,32+,33?,37+,38?/m1/s1. The Morgan fingerprint density at radius 3 is 2.08 bits per heavy atom. The van der Waals surface area contributed by atoms with E-state index in [4.69, 9.17) is 9.47 Å². The molecule has 5 rings (SSSR count). The molecule has 2 bridgehead atoms. The number of anilines is 2. The number of rotatable bonds is 17. The van der Waals surface area contributed by atoms with Gasteiger partial charge in [0.15, 0.2) is 0 Å². The second-order valence-corrected chi connectivity index (χ2v) is 14.9. The van der Waals surface area contributed by atoms with Gasteiger partial charge in [0.1, 0.15) is 17.5 Å². The maximum atomic E-state index is 14.9. The predicted molar refractivity (Wildman–Crippen MR) is 192 cm³/mol. The van der Waals surface area contributed by atoms with Crippen LogP contribution >= 0.6 is 11.8 Å². The molecule has 3 amide bonds. The minimum absolute atomic E-state index is 0.122. The van der Waals surface area contributed by atoms with Crippen molar-refractivity contribution < 1.29 is 29.0 Å². The van der Waals surface area contributed by atoms with E-state index in [1.807, 2.05) is 55.5 Å². The molecule has 0 aromatic heterocycles. The summed E-state index contributed by atoms with van der Waals surface area (Å²) >= 11 is 1.67. The molecule has 2 aromatic carbocycles. The van der Waals surface area contributed by atoms with Gasteiger partial charge in [0.2, 0.25) is 11.8 Å². The molecule has 0 aliphatic carbocycles. The van der Waals surface area contributed by atoms with Gasteiger partial charge in [-0.2, -0.15) is 0 Å². The third kappa shape index (κ3) is 6.49. The number of ether oxygens (including phenoxy) is 2. The van der Waals surface area contributed by atoms with Crippen molar-refractivity contribution >= 4 is 40.9 Å². The summed E-state index contributed by atoms with van der Waals surface area (Å²) in [6, 6.07) is 14.0. The van der Waals surface area contributed by atoms with E-state index in [1.54, 1.807) is 45.7 Å². The highest BCUT2D eigenvalue weighted by Gasteiger charge is 2.77. The number of amides is 3. The first-order chi connectivity index (χ1) is 23.2.